The normalized spacial score (nSPS) is 15.1. The molecule has 0 spiro atoms. The van der Waals surface area contributed by atoms with E-state index >= 15 is 0 Å². The number of carbonyl (C=O) groups is 2. The number of methoxy groups -OCH3 is 1. The molecule has 1 saturated carbocycles. The molecule has 2 rings (SSSR count). The van der Waals surface area contributed by atoms with Gasteiger partial charge >= 0.3 is 5.97 Å². The molecule has 0 atom stereocenters. The van der Waals surface area contributed by atoms with Crippen LogP contribution >= 0.6 is 11.6 Å². The van der Waals surface area contributed by atoms with Gasteiger partial charge in [-0.3, -0.25) is 4.79 Å². The van der Waals surface area contributed by atoms with Crippen molar-refractivity contribution >= 4 is 29.2 Å². The third-order valence-electron chi connectivity index (χ3n) is 4.62. The molecule has 1 aliphatic rings. The summed E-state index contributed by atoms with van der Waals surface area (Å²) in [6, 6.07) is 3.15. The number of halogens is 1. The maximum Gasteiger partial charge on any atom is 0.340 e. The van der Waals surface area contributed by atoms with Crippen LogP contribution in [0.25, 0.3) is 5.84 Å². The Labute approximate surface area is 179 Å². The van der Waals surface area contributed by atoms with Gasteiger partial charge in [0.25, 0.3) is 5.91 Å². The Morgan fingerprint density at radius 1 is 1.32 bits per heavy atom. The van der Waals surface area contributed by atoms with E-state index < -0.39 is 11.5 Å². The van der Waals surface area contributed by atoms with Gasteiger partial charge < -0.3 is 27.9 Å². The zero-order chi connectivity index (χ0) is 17.4. The maximum atomic E-state index is 12.8. The molecule has 8 heteroatoms. The van der Waals surface area contributed by atoms with Crippen molar-refractivity contribution in [3.8, 4) is 0 Å². The van der Waals surface area contributed by atoms with Crippen LogP contribution in [-0.2, 0) is 42.2 Å². The van der Waals surface area contributed by atoms with E-state index in [1.165, 1.54) is 13.2 Å². The summed E-state index contributed by atoms with van der Waals surface area (Å²) in [5.74, 6) is 7.45. The number of nitrogens with one attached hydrogen (secondary N) is 2. The first kappa shape index (κ1) is 24.5. The number of quaternary nitrogens is 1. The first-order chi connectivity index (χ1) is 10.6. The number of esters is 1. The summed E-state index contributed by atoms with van der Waals surface area (Å²) < 4.78 is 4.58. The van der Waals surface area contributed by atoms with Crippen LogP contribution in [0.4, 0.5) is 5.69 Å². The fourth-order valence-electron chi connectivity index (χ4n) is 2.96. The molecule has 0 bridgehead atoms. The van der Waals surface area contributed by atoms with Crippen LogP contribution in [0.1, 0.15) is 35.2 Å². The van der Waals surface area contributed by atoms with Crippen LogP contribution in [-0.4, -0.2) is 43.2 Å². The van der Waals surface area contributed by atoms with Crippen LogP contribution in [0.3, 0.4) is 0 Å². The minimum Gasteiger partial charge on any atom is -0.467 e. The Morgan fingerprint density at radius 3 is 2.28 bits per heavy atom. The van der Waals surface area contributed by atoms with Crippen LogP contribution in [0.5, 0.6) is 0 Å². The van der Waals surface area contributed by atoms with Gasteiger partial charge in [0.1, 0.15) is 0 Å². The first-order valence-electron chi connectivity index (χ1n) is 7.41. The van der Waals surface area contributed by atoms with Gasteiger partial charge in [-0.15, -0.1) is 0 Å². The van der Waals surface area contributed by atoms with E-state index in [-0.39, 0.29) is 56.2 Å². The Morgan fingerprint density at radius 2 is 1.88 bits per heavy atom. The van der Waals surface area contributed by atoms with E-state index in [9.17, 15) is 9.59 Å². The van der Waals surface area contributed by atoms with Crippen LogP contribution in [0.2, 0.25) is 5.02 Å². The van der Waals surface area contributed by atoms with Crippen molar-refractivity contribution in [2.45, 2.75) is 31.7 Å². The van der Waals surface area contributed by atoms with Gasteiger partial charge in [0.05, 0.1) is 32.5 Å². The summed E-state index contributed by atoms with van der Waals surface area (Å²) in [5, 5.41) is 3.24. The molecule has 1 aromatic carbocycles. The number of aryl methyl sites for hydroxylation is 1. The number of carbonyl (C=O) groups excluding carboxylic acids is 2. The standard InChI is InChI=1S/C16H22ClN3O3.CH3.Y/c1-10-8-11(17)9-12(14(21)23-4)13(10)19-15(22)16(6-5-7-16)20(2,3)18;;/h8-9,18H,5-7H2,1-4H3,(H,19,22);1H3;/q;-1;. The summed E-state index contributed by atoms with van der Waals surface area (Å²) in [6.45, 7) is 1.77. The van der Waals surface area contributed by atoms with Crippen molar-refractivity contribution in [2.75, 3.05) is 26.5 Å². The first-order valence-corrected chi connectivity index (χ1v) is 7.79. The Balaban J connectivity index is 0.00000288. The Hall–Kier alpha value is -0.526. The molecule has 137 valence electrons. The summed E-state index contributed by atoms with van der Waals surface area (Å²) in [5.41, 5.74) is 0.497. The maximum absolute atomic E-state index is 12.8. The fraction of sp³-hybridized carbons (Fsp3) is 0.471. The Kier molecular flexibility index (Phi) is 8.72. The monoisotopic (exact) mass is 443 g/mol. The number of benzene rings is 1. The topological polar surface area (TPSA) is 79.2 Å². The second-order valence-corrected chi connectivity index (χ2v) is 6.87. The van der Waals surface area contributed by atoms with Gasteiger partial charge in [0.2, 0.25) is 0 Å². The van der Waals surface area contributed by atoms with Gasteiger partial charge in [-0.1, -0.05) is 11.6 Å². The van der Waals surface area contributed by atoms with Crippen LogP contribution < -0.4 is 5.32 Å². The van der Waals surface area contributed by atoms with Gasteiger partial charge in [-0.05, 0) is 31.0 Å². The van der Waals surface area contributed by atoms with Crippen LogP contribution in [0, 0.1) is 14.4 Å². The number of amides is 1. The molecule has 2 N–H and O–H groups in total. The average molecular weight is 444 g/mol. The molecule has 0 saturated heterocycles. The Bertz CT molecular complexity index is 655. The summed E-state index contributed by atoms with van der Waals surface area (Å²) in [6.07, 6.45) is 2.21. The van der Waals surface area contributed by atoms with E-state index in [0.717, 1.165) is 6.42 Å². The molecule has 25 heavy (non-hydrogen) atoms. The van der Waals surface area contributed by atoms with Crippen molar-refractivity contribution in [2.24, 2.45) is 0 Å². The van der Waals surface area contributed by atoms with Gasteiger partial charge in [-0.25, -0.2) is 4.79 Å². The molecule has 1 radical (unpaired) electrons. The number of ether oxygens (including phenoxy) is 1. The van der Waals surface area contributed by atoms with Gasteiger partial charge in [0, 0.05) is 50.6 Å². The molecule has 1 aromatic rings. The minimum absolute atomic E-state index is 0. The molecule has 0 aromatic heterocycles. The zero-order valence-corrected chi connectivity index (χ0v) is 19.0. The third kappa shape index (κ3) is 4.61. The molecule has 0 heterocycles. The van der Waals surface area contributed by atoms with Gasteiger partial charge in [0.15, 0.2) is 5.54 Å². The summed E-state index contributed by atoms with van der Waals surface area (Å²) >= 11 is 6.01. The minimum atomic E-state index is -0.792. The molecular weight excluding hydrogens is 419 g/mol. The molecule has 1 aliphatic carbocycles. The van der Waals surface area contributed by atoms with Crippen molar-refractivity contribution in [1.82, 2.24) is 0 Å². The van der Waals surface area contributed by atoms with E-state index in [0.29, 0.717) is 29.1 Å². The molecular formula is C17H25ClN3O3Y-. The van der Waals surface area contributed by atoms with E-state index in [2.05, 4.69) is 5.32 Å². The second kappa shape index (κ2) is 8.91. The number of rotatable bonds is 4. The molecule has 1 amide bonds. The zero-order valence-electron chi connectivity index (χ0n) is 15.4. The molecule has 0 aliphatic heterocycles. The van der Waals surface area contributed by atoms with Crippen molar-refractivity contribution < 1.29 is 51.6 Å². The largest absolute Gasteiger partial charge is 0.467 e. The van der Waals surface area contributed by atoms with E-state index in [4.69, 9.17) is 22.2 Å². The molecule has 0 unspecified atom stereocenters. The number of likely N-dealkylation sites (N-methyl/N-ethyl adjacent to an activating group) is 1. The van der Waals surface area contributed by atoms with Gasteiger partial charge in [-0.2, -0.15) is 0 Å². The predicted octanol–water partition coefficient (Wildman–Crippen LogP) is 3.79. The van der Waals surface area contributed by atoms with E-state index in [1.54, 1.807) is 27.1 Å². The van der Waals surface area contributed by atoms with Crippen molar-refractivity contribution in [3.63, 3.8) is 0 Å². The summed E-state index contributed by atoms with van der Waals surface area (Å²) in [4.78, 5) is 24.8. The number of nitrogens with zero attached hydrogens (tertiary/aromatic N) is 1. The number of hydrogen-bond donors (Lipinski definition) is 1. The predicted molar refractivity (Wildman–Crippen MR) is 95.6 cm³/mol. The SMILES string of the molecule is COC(=O)c1cc(Cl)cc(C)c1NC(=O)C1([N+](C)(C)[NH-])CCC1.[CH3-].[Y]. The van der Waals surface area contributed by atoms with Crippen LogP contribution in [0.15, 0.2) is 12.1 Å². The summed E-state index contributed by atoms with van der Waals surface area (Å²) in [7, 11) is 4.66. The number of anilines is 1. The smallest absolute Gasteiger partial charge is 0.340 e. The fourth-order valence-corrected chi connectivity index (χ4v) is 3.23. The molecule has 1 fully saturated rings. The molecule has 6 nitrogen and oxygen atoms in total. The quantitative estimate of drug-likeness (QED) is 0.333. The van der Waals surface area contributed by atoms with Crippen molar-refractivity contribution in [3.05, 3.63) is 41.6 Å². The second-order valence-electron chi connectivity index (χ2n) is 6.43. The average Bonchev–Trinajstić information content (AvgIpc) is 2.37. The third-order valence-corrected chi connectivity index (χ3v) is 4.84. The van der Waals surface area contributed by atoms with Crippen molar-refractivity contribution in [1.29, 1.82) is 0 Å². The van der Waals surface area contributed by atoms with E-state index in [1.807, 2.05) is 0 Å². The number of hydrogen-bond acceptors (Lipinski definition) is 3.